The van der Waals surface area contributed by atoms with Gasteiger partial charge in [-0.15, -0.1) is 0 Å². The highest BCUT2D eigenvalue weighted by Gasteiger charge is 2.31. The fourth-order valence-corrected chi connectivity index (χ4v) is 3.15. The molecule has 1 aromatic heterocycles. The molecule has 25 heavy (non-hydrogen) atoms. The van der Waals surface area contributed by atoms with Crippen LogP contribution in [0.2, 0.25) is 0 Å². The molecule has 0 aliphatic rings. The first kappa shape index (κ1) is 19.4. The number of rotatable bonds is 5. The summed E-state index contributed by atoms with van der Waals surface area (Å²) in [5.74, 6) is 0. The number of H-pyrrole nitrogens is 2. The van der Waals surface area contributed by atoms with E-state index in [9.17, 15) is 27.3 Å². The molecule has 2 aromatic rings. The van der Waals surface area contributed by atoms with E-state index in [4.69, 9.17) is 9.79 Å². The van der Waals surface area contributed by atoms with Crippen LogP contribution in [0.25, 0.3) is 11.0 Å². The third-order valence-electron chi connectivity index (χ3n) is 3.39. The standard InChI is InChI=1S/C13H15F3N3O5P/c1-6(5-25(22,23)24)17-4-7-2-8(13(14,15)16)3-9-10(7)19-12(21)11(20)18-9/h2-3,6,17H,4-5H2,1H3,(H,18,20)(H,19,21)(H2,22,23,24)/t6-/m1/s1. The first-order valence-electron chi connectivity index (χ1n) is 7.01. The van der Waals surface area contributed by atoms with E-state index < -0.39 is 42.7 Å². The van der Waals surface area contributed by atoms with Gasteiger partial charge in [-0.1, -0.05) is 0 Å². The Morgan fingerprint density at radius 3 is 2.36 bits per heavy atom. The minimum absolute atomic E-state index is 0.00785. The normalized spacial score (nSPS) is 14.0. The summed E-state index contributed by atoms with van der Waals surface area (Å²) in [6.45, 7) is 1.25. The van der Waals surface area contributed by atoms with Gasteiger partial charge in [0.2, 0.25) is 0 Å². The van der Waals surface area contributed by atoms with E-state index in [-0.39, 0.29) is 23.1 Å². The molecule has 0 bridgehead atoms. The maximum Gasteiger partial charge on any atom is 0.416 e. The highest BCUT2D eigenvalue weighted by atomic mass is 31.2. The summed E-state index contributed by atoms with van der Waals surface area (Å²) in [5.41, 5.74) is -3.29. The Kier molecular flexibility index (Phi) is 5.24. The molecular formula is C13H15F3N3O5P. The second-order valence-electron chi connectivity index (χ2n) is 5.59. The Labute approximate surface area is 138 Å². The van der Waals surface area contributed by atoms with Crippen LogP contribution in [0.4, 0.5) is 13.2 Å². The fraction of sp³-hybridized carbons (Fsp3) is 0.385. The molecule has 5 N–H and O–H groups in total. The SMILES string of the molecule is C[C@H](CP(=O)(O)O)NCc1cc(C(F)(F)F)cc2[nH]c(=O)c(=O)[nH]c12. The van der Waals surface area contributed by atoms with E-state index in [0.717, 1.165) is 6.07 Å². The van der Waals surface area contributed by atoms with Crippen molar-refractivity contribution in [2.75, 3.05) is 6.16 Å². The number of fused-ring (bicyclic) bond motifs is 1. The van der Waals surface area contributed by atoms with Crippen LogP contribution >= 0.6 is 7.60 Å². The summed E-state index contributed by atoms with van der Waals surface area (Å²) < 4.78 is 50.0. The molecule has 0 saturated heterocycles. The van der Waals surface area contributed by atoms with Crippen LogP contribution in [0.15, 0.2) is 21.7 Å². The van der Waals surface area contributed by atoms with Gasteiger partial charge < -0.3 is 25.1 Å². The molecule has 0 saturated carbocycles. The largest absolute Gasteiger partial charge is 0.416 e. The molecule has 0 radical (unpaired) electrons. The van der Waals surface area contributed by atoms with Crippen molar-refractivity contribution in [1.82, 2.24) is 15.3 Å². The molecule has 1 heterocycles. The van der Waals surface area contributed by atoms with Crippen molar-refractivity contribution >= 4 is 18.6 Å². The van der Waals surface area contributed by atoms with Gasteiger partial charge in [-0.2, -0.15) is 13.2 Å². The van der Waals surface area contributed by atoms with E-state index in [2.05, 4.69) is 15.3 Å². The van der Waals surface area contributed by atoms with Crippen LogP contribution in [0.5, 0.6) is 0 Å². The molecule has 0 fully saturated rings. The van der Waals surface area contributed by atoms with Gasteiger partial charge in [0.25, 0.3) is 0 Å². The van der Waals surface area contributed by atoms with Crippen LogP contribution in [-0.2, 0) is 17.3 Å². The van der Waals surface area contributed by atoms with E-state index in [1.54, 1.807) is 0 Å². The molecule has 2 rings (SSSR count). The number of aromatic nitrogens is 2. The van der Waals surface area contributed by atoms with E-state index >= 15 is 0 Å². The Balaban J connectivity index is 2.46. The lowest BCUT2D eigenvalue weighted by molar-refractivity contribution is -0.137. The maximum absolute atomic E-state index is 13.0. The zero-order valence-corrected chi connectivity index (χ0v) is 13.7. The molecule has 0 aliphatic carbocycles. The first-order valence-corrected chi connectivity index (χ1v) is 8.81. The number of hydrogen-bond acceptors (Lipinski definition) is 4. The third kappa shape index (κ3) is 5.02. The van der Waals surface area contributed by atoms with E-state index in [0.29, 0.717) is 6.07 Å². The van der Waals surface area contributed by atoms with E-state index in [1.165, 1.54) is 6.92 Å². The molecular weight excluding hydrogens is 366 g/mol. The van der Waals surface area contributed by atoms with Crippen molar-refractivity contribution in [2.24, 2.45) is 0 Å². The predicted octanol–water partition coefficient (Wildman–Crippen LogP) is 0.891. The van der Waals surface area contributed by atoms with Gasteiger partial charge in [0, 0.05) is 12.6 Å². The molecule has 0 spiro atoms. The van der Waals surface area contributed by atoms with Crippen molar-refractivity contribution in [3.63, 3.8) is 0 Å². The zero-order chi connectivity index (χ0) is 19.0. The van der Waals surface area contributed by atoms with Gasteiger partial charge in [-0.05, 0) is 24.6 Å². The summed E-state index contributed by atoms with van der Waals surface area (Å²) >= 11 is 0. The number of hydrogen-bond donors (Lipinski definition) is 5. The highest BCUT2D eigenvalue weighted by molar-refractivity contribution is 7.51. The van der Waals surface area contributed by atoms with Crippen molar-refractivity contribution in [1.29, 1.82) is 0 Å². The summed E-state index contributed by atoms with van der Waals surface area (Å²) in [7, 11) is -4.29. The first-order chi connectivity index (χ1) is 11.4. The minimum atomic E-state index is -4.67. The quantitative estimate of drug-likeness (QED) is 0.386. The smallest absolute Gasteiger partial charge is 0.324 e. The fourth-order valence-electron chi connectivity index (χ4n) is 2.31. The second-order valence-corrected chi connectivity index (χ2v) is 7.29. The van der Waals surface area contributed by atoms with Crippen molar-refractivity contribution in [2.45, 2.75) is 25.7 Å². The van der Waals surface area contributed by atoms with Crippen molar-refractivity contribution in [3.05, 3.63) is 44.0 Å². The van der Waals surface area contributed by atoms with Gasteiger partial charge >= 0.3 is 24.9 Å². The van der Waals surface area contributed by atoms with Crippen LogP contribution in [0, 0.1) is 0 Å². The van der Waals surface area contributed by atoms with Gasteiger partial charge in [0.15, 0.2) is 0 Å². The summed E-state index contributed by atoms with van der Waals surface area (Å²) in [5, 5.41) is 2.69. The van der Waals surface area contributed by atoms with Gasteiger partial charge in [-0.3, -0.25) is 14.2 Å². The molecule has 0 aliphatic heterocycles. The Morgan fingerprint density at radius 2 is 1.80 bits per heavy atom. The average Bonchev–Trinajstić information content (AvgIpc) is 2.43. The van der Waals surface area contributed by atoms with Crippen LogP contribution in [-0.4, -0.2) is 32.0 Å². The number of halogens is 3. The molecule has 0 unspecified atom stereocenters. The van der Waals surface area contributed by atoms with Crippen LogP contribution < -0.4 is 16.4 Å². The van der Waals surface area contributed by atoms with Crippen LogP contribution in [0.3, 0.4) is 0 Å². The molecule has 12 heteroatoms. The Morgan fingerprint density at radius 1 is 1.20 bits per heavy atom. The maximum atomic E-state index is 13.0. The lowest BCUT2D eigenvalue weighted by Crippen LogP contribution is -2.31. The Hall–Kier alpha value is -1.94. The Bertz CT molecular complexity index is 947. The predicted molar refractivity (Wildman–Crippen MR) is 83.4 cm³/mol. The topological polar surface area (TPSA) is 135 Å². The summed E-state index contributed by atoms with van der Waals surface area (Å²) in [6, 6.07) is 0.808. The van der Waals surface area contributed by atoms with E-state index in [1.807, 2.05) is 0 Å². The van der Waals surface area contributed by atoms with Crippen LogP contribution in [0.1, 0.15) is 18.1 Å². The number of nitrogens with one attached hydrogen (secondary N) is 3. The zero-order valence-electron chi connectivity index (χ0n) is 12.8. The second kappa shape index (κ2) is 6.75. The monoisotopic (exact) mass is 381 g/mol. The lowest BCUT2D eigenvalue weighted by atomic mass is 10.1. The minimum Gasteiger partial charge on any atom is -0.324 e. The third-order valence-corrected chi connectivity index (χ3v) is 4.42. The van der Waals surface area contributed by atoms with Crippen molar-refractivity contribution < 1.29 is 27.5 Å². The average molecular weight is 381 g/mol. The molecule has 138 valence electrons. The molecule has 1 aromatic carbocycles. The summed E-state index contributed by atoms with van der Waals surface area (Å²) in [6.07, 6.45) is -5.18. The molecule has 1 atom stereocenters. The van der Waals surface area contributed by atoms with Gasteiger partial charge in [0.1, 0.15) is 0 Å². The van der Waals surface area contributed by atoms with Crippen molar-refractivity contribution in [3.8, 4) is 0 Å². The van der Waals surface area contributed by atoms with Gasteiger partial charge in [-0.25, -0.2) is 0 Å². The number of benzene rings is 1. The highest BCUT2D eigenvalue weighted by Crippen LogP contribution is 2.35. The summed E-state index contributed by atoms with van der Waals surface area (Å²) in [4.78, 5) is 44.9. The lowest BCUT2D eigenvalue weighted by Gasteiger charge is -2.16. The number of aromatic amines is 2. The molecule has 0 amide bonds. The molecule has 8 nitrogen and oxygen atoms in total. The van der Waals surface area contributed by atoms with Gasteiger partial charge in [0.05, 0.1) is 22.8 Å². The number of alkyl halides is 3.